The minimum atomic E-state index is -3.68. The lowest BCUT2D eigenvalue weighted by molar-refractivity contribution is -0.141. The van der Waals surface area contributed by atoms with Crippen LogP contribution in [0.4, 0.5) is 4.79 Å². The van der Waals surface area contributed by atoms with Crippen LogP contribution in [0.25, 0.3) is 0 Å². The van der Waals surface area contributed by atoms with E-state index in [1.165, 1.54) is 33.5 Å². The summed E-state index contributed by atoms with van der Waals surface area (Å²) < 4.78 is 27.0. The molecular formula is C21H27ClN4O5S. The molecule has 1 spiro atoms. The molecular weight excluding hydrogens is 456 g/mol. The molecule has 2 heterocycles. The average Bonchev–Trinajstić information content (AvgIpc) is 3.01. The summed E-state index contributed by atoms with van der Waals surface area (Å²) in [5, 5.41) is 3.29. The fraction of sp³-hybridized carbons (Fsp3) is 0.571. The van der Waals surface area contributed by atoms with Crippen molar-refractivity contribution in [2.75, 3.05) is 32.7 Å². The molecule has 0 radical (unpaired) electrons. The lowest BCUT2D eigenvalue weighted by atomic mass is 9.73. The Morgan fingerprint density at radius 3 is 2.41 bits per heavy atom. The van der Waals surface area contributed by atoms with Crippen molar-refractivity contribution in [3.63, 3.8) is 0 Å². The Hall–Kier alpha value is -2.17. The number of benzene rings is 1. The number of nitrogens with one attached hydrogen (secondary N) is 1. The molecule has 32 heavy (non-hydrogen) atoms. The highest BCUT2D eigenvalue weighted by Crippen LogP contribution is 2.38. The third-order valence-corrected chi connectivity index (χ3v) is 9.00. The van der Waals surface area contributed by atoms with E-state index < -0.39 is 21.6 Å². The molecule has 2 aliphatic heterocycles. The molecule has 1 aromatic carbocycles. The van der Waals surface area contributed by atoms with Gasteiger partial charge in [-0.15, -0.1) is 0 Å². The Morgan fingerprint density at radius 2 is 1.78 bits per heavy atom. The Labute approximate surface area is 192 Å². The summed E-state index contributed by atoms with van der Waals surface area (Å²) in [5.41, 5.74) is -0.902. The number of hydrogen-bond acceptors (Lipinski definition) is 5. The first-order valence-corrected chi connectivity index (χ1v) is 12.6. The Kier molecular flexibility index (Phi) is 6.21. The number of sulfonamides is 1. The van der Waals surface area contributed by atoms with E-state index in [2.05, 4.69) is 5.32 Å². The van der Waals surface area contributed by atoms with E-state index in [-0.39, 0.29) is 55.4 Å². The number of nitrogens with zero attached hydrogens (tertiary/aromatic N) is 3. The predicted octanol–water partition coefficient (Wildman–Crippen LogP) is 1.67. The molecule has 1 aromatic rings. The van der Waals surface area contributed by atoms with Gasteiger partial charge in [-0.3, -0.25) is 14.5 Å². The normalized spacial score (nSPS) is 27.1. The number of rotatable bonds is 4. The van der Waals surface area contributed by atoms with Gasteiger partial charge in [0, 0.05) is 31.2 Å². The van der Waals surface area contributed by atoms with E-state index in [0.29, 0.717) is 11.4 Å². The van der Waals surface area contributed by atoms with Crippen LogP contribution in [0.5, 0.6) is 0 Å². The molecule has 1 N–H and O–H groups in total. The topological polar surface area (TPSA) is 107 Å². The van der Waals surface area contributed by atoms with Crippen LogP contribution in [0, 0.1) is 5.92 Å². The van der Waals surface area contributed by atoms with Gasteiger partial charge in [-0.05, 0) is 43.0 Å². The van der Waals surface area contributed by atoms with Crippen LogP contribution in [-0.4, -0.2) is 78.6 Å². The third-order valence-electron chi connectivity index (χ3n) is 6.84. The molecule has 1 saturated carbocycles. The SMILES string of the molecule is C[C@H]1CCCC[C@@]12NC(=O)N(CC(=O)N1CCN(S(=O)(=O)c3ccc(Cl)cc3)CC1)C2=O. The van der Waals surface area contributed by atoms with Crippen LogP contribution in [0.1, 0.15) is 32.6 Å². The van der Waals surface area contributed by atoms with E-state index in [1.54, 1.807) is 0 Å². The molecule has 1 aliphatic carbocycles. The Morgan fingerprint density at radius 1 is 1.12 bits per heavy atom. The van der Waals surface area contributed by atoms with Crippen LogP contribution in [0.3, 0.4) is 0 Å². The molecule has 4 rings (SSSR count). The van der Waals surface area contributed by atoms with Crippen molar-refractivity contribution in [3.05, 3.63) is 29.3 Å². The number of hydrogen-bond donors (Lipinski definition) is 1. The first-order valence-electron chi connectivity index (χ1n) is 10.8. The molecule has 9 nitrogen and oxygen atoms in total. The van der Waals surface area contributed by atoms with Gasteiger partial charge in [-0.2, -0.15) is 4.31 Å². The quantitative estimate of drug-likeness (QED) is 0.657. The van der Waals surface area contributed by atoms with E-state index in [1.807, 2.05) is 6.92 Å². The van der Waals surface area contributed by atoms with Crippen LogP contribution in [0.15, 0.2) is 29.2 Å². The minimum Gasteiger partial charge on any atom is -0.338 e. The van der Waals surface area contributed by atoms with Crippen LogP contribution in [-0.2, 0) is 19.6 Å². The molecule has 3 aliphatic rings. The number of halogens is 1. The summed E-state index contributed by atoms with van der Waals surface area (Å²) in [6, 6.07) is 5.42. The van der Waals surface area contributed by atoms with Crippen LogP contribution in [0.2, 0.25) is 5.02 Å². The van der Waals surface area contributed by atoms with E-state index in [4.69, 9.17) is 11.6 Å². The summed E-state index contributed by atoms with van der Waals surface area (Å²) >= 11 is 5.84. The summed E-state index contributed by atoms with van der Waals surface area (Å²) in [5.74, 6) is -0.668. The van der Waals surface area contributed by atoms with Crippen molar-refractivity contribution >= 4 is 39.5 Å². The van der Waals surface area contributed by atoms with E-state index in [0.717, 1.165) is 24.2 Å². The highest BCUT2D eigenvalue weighted by molar-refractivity contribution is 7.89. The predicted molar refractivity (Wildman–Crippen MR) is 117 cm³/mol. The maximum absolute atomic E-state index is 13.1. The molecule has 0 unspecified atom stereocenters. The molecule has 0 bridgehead atoms. The number of urea groups is 1. The molecule has 4 amide bonds. The van der Waals surface area contributed by atoms with Gasteiger partial charge in [0.1, 0.15) is 12.1 Å². The van der Waals surface area contributed by atoms with Gasteiger partial charge < -0.3 is 10.2 Å². The zero-order chi connectivity index (χ0) is 23.1. The zero-order valence-corrected chi connectivity index (χ0v) is 19.5. The van der Waals surface area contributed by atoms with Crippen molar-refractivity contribution in [3.8, 4) is 0 Å². The maximum atomic E-state index is 13.1. The average molecular weight is 483 g/mol. The fourth-order valence-corrected chi connectivity index (χ4v) is 6.36. The number of imide groups is 1. The molecule has 2 atom stereocenters. The molecule has 0 aromatic heterocycles. The summed E-state index contributed by atoms with van der Waals surface area (Å²) in [6.07, 6.45) is 3.33. The van der Waals surface area contributed by atoms with Crippen LogP contribution >= 0.6 is 11.6 Å². The van der Waals surface area contributed by atoms with Crippen LogP contribution < -0.4 is 5.32 Å². The standard InChI is InChI=1S/C21H27ClN4O5S/c1-15-4-2-3-9-21(15)19(28)26(20(29)23-21)14-18(27)24-10-12-25(13-11-24)32(30,31)17-7-5-16(22)6-8-17/h5-8,15H,2-4,9-14H2,1H3,(H,23,29)/t15-,21+/m0/s1. The van der Waals surface area contributed by atoms with E-state index >= 15 is 0 Å². The van der Waals surface area contributed by atoms with Crippen molar-refractivity contribution in [1.29, 1.82) is 0 Å². The second-order valence-corrected chi connectivity index (χ2v) is 11.1. The molecule has 2 saturated heterocycles. The number of carbonyl (C=O) groups is 3. The third kappa shape index (κ3) is 3.99. The minimum absolute atomic E-state index is 0.0226. The lowest BCUT2D eigenvalue weighted by Gasteiger charge is -2.37. The second-order valence-electron chi connectivity index (χ2n) is 8.68. The van der Waals surface area contributed by atoms with Gasteiger partial charge in [0.15, 0.2) is 0 Å². The molecule has 174 valence electrons. The van der Waals surface area contributed by atoms with Gasteiger partial charge in [0.25, 0.3) is 5.91 Å². The highest BCUT2D eigenvalue weighted by Gasteiger charge is 2.55. The zero-order valence-electron chi connectivity index (χ0n) is 17.9. The fourth-order valence-electron chi connectivity index (χ4n) is 4.81. The summed E-state index contributed by atoms with van der Waals surface area (Å²) in [6.45, 7) is 2.29. The first kappa shape index (κ1) is 23.0. The van der Waals surface area contributed by atoms with Crippen molar-refractivity contribution in [2.45, 2.75) is 43.0 Å². The Balaban J connectivity index is 1.37. The highest BCUT2D eigenvalue weighted by atomic mass is 35.5. The summed E-state index contributed by atoms with van der Waals surface area (Å²) in [4.78, 5) is 41.1. The largest absolute Gasteiger partial charge is 0.338 e. The Bertz CT molecular complexity index is 1020. The molecule has 11 heteroatoms. The van der Waals surface area contributed by atoms with Crippen molar-refractivity contribution in [2.24, 2.45) is 5.92 Å². The second kappa shape index (κ2) is 8.64. The maximum Gasteiger partial charge on any atom is 0.325 e. The lowest BCUT2D eigenvalue weighted by Crippen LogP contribution is -2.55. The smallest absolute Gasteiger partial charge is 0.325 e. The van der Waals surface area contributed by atoms with Crippen molar-refractivity contribution in [1.82, 2.24) is 19.4 Å². The van der Waals surface area contributed by atoms with Gasteiger partial charge in [0.05, 0.1) is 4.90 Å². The van der Waals surface area contributed by atoms with E-state index in [9.17, 15) is 22.8 Å². The van der Waals surface area contributed by atoms with Gasteiger partial charge in [-0.1, -0.05) is 31.4 Å². The molecule has 3 fully saturated rings. The summed E-state index contributed by atoms with van der Waals surface area (Å²) in [7, 11) is -3.68. The number of carbonyl (C=O) groups excluding carboxylic acids is 3. The first-order chi connectivity index (χ1) is 15.1. The van der Waals surface area contributed by atoms with Gasteiger partial charge in [-0.25, -0.2) is 13.2 Å². The monoisotopic (exact) mass is 482 g/mol. The van der Waals surface area contributed by atoms with Gasteiger partial charge >= 0.3 is 6.03 Å². The van der Waals surface area contributed by atoms with Gasteiger partial charge in [0.2, 0.25) is 15.9 Å². The number of amides is 4. The number of piperazine rings is 1. The van der Waals surface area contributed by atoms with Crippen molar-refractivity contribution < 1.29 is 22.8 Å².